The van der Waals surface area contributed by atoms with Crippen LogP contribution in [0.1, 0.15) is 11.7 Å². The fourth-order valence-corrected chi connectivity index (χ4v) is 2.23. The number of aromatic nitrogens is 2. The first-order chi connectivity index (χ1) is 11.5. The molecule has 1 N–H and O–H groups in total. The summed E-state index contributed by atoms with van der Waals surface area (Å²) < 4.78 is 6.07. The monoisotopic (exact) mass is 327 g/mol. The first-order valence-electron chi connectivity index (χ1n) is 7.10. The molecule has 0 aliphatic heterocycles. The highest BCUT2D eigenvalue weighted by molar-refractivity contribution is 5.51. The Balaban J connectivity index is 1.84. The van der Waals surface area contributed by atoms with Gasteiger partial charge in [-0.2, -0.15) is 4.68 Å². The van der Waals surface area contributed by atoms with Gasteiger partial charge in [0.2, 0.25) is 5.89 Å². The average Bonchev–Trinajstić information content (AvgIpc) is 2.96. The van der Waals surface area contributed by atoms with Gasteiger partial charge in [0.1, 0.15) is 0 Å². The van der Waals surface area contributed by atoms with Crippen molar-refractivity contribution in [3.8, 4) is 11.5 Å². The van der Waals surface area contributed by atoms with E-state index >= 15 is 0 Å². The van der Waals surface area contributed by atoms with Crippen LogP contribution in [0.5, 0.6) is 0 Å². The van der Waals surface area contributed by atoms with Gasteiger partial charge in [0, 0.05) is 17.7 Å². The molecule has 0 radical (unpaired) electrons. The Hall–Kier alpha value is -3.26. The molecule has 0 fully saturated rings. The van der Waals surface area contributed by atoms with Crippen molar-refractivity contribution in [3.05, 3.63) is 80.8 Å². The molecular formula is C16H13N3O5. The van der Waals surface area contributed by atoms with Gasteiger partial charge in [0.05, 0.1) is 17.6 Å². The lowest BCUT2D eigenvalue weighted by Crippen LogP contribution is -2.20. The summed E-state index contributed by atoms with van der Waals surface area (Å²) in [6, 6.07) is 14.5. The first-order valence-corrected chi connectivity index (χ1v) is 7.10. The van der Waals surface area contributed by atoms with E-state index in [0.29, 0.717) is 11.1 Å². The molecule has 0 aliphatic carbocycles. The van der Waals surface area contributed by atoms with Crippen molar-refractivity contribution in [1.82, 2.24) is 9.78 Å². The number of aliphatic hydroxyl groups excluding tert-OH is 1. The van der Waals surface area contributed by atoms with E-state index in [4.69, 9.17) is 4.42 Å². The van der Waals surface area contributed by atoms with Gasteiger partial charge in [-0.1, -0.05) is 30.3 Å². The van der Waals surface area contributed by atoms with Crippen LogP contribution >= 0.6 is 0 Å². The maximum Gasteiger partial charge on any atom is 0.437 e. The Labute approximate surface area is 135 Å². The number of rotatable bonds is 5. The number of aliphatic hydroxyl groups is 1. The molecule has 1 aromatic heterocycles. The van der Waals surface area contributed by atoms with Crippen LogP contribution in [0.2, 0.25) is 0 Å². The van der Waals surface area contributed by atoms with E-state index in [1.807, 2.05) is 6.07 Å². The molecule has 3 rings (SSSR count). The van der Waals surface area contributed by atoms with Crippen LogP contribution in [0.4, 0.5) is 5.69 Å². The molecule has 0 aliphatic rings. The van der Waals surface area contributed by atoms with E-state index in [-0.39, 0.29) is 18.1 Å². The van der Waals surface area contributed by atoms with Gasteiger partial charge in [-0.25, -0.2) is 4.79 Å². The zero-order valence-corrected chi connectivity index (χ0v) is 12.4. The number of hydrogen-bond acceptors (Lipinski definition) is 6. The smallest absolute Gasteiger partial charge is 0.388 e. The third kappa shape index (κ3) is 3.23. The quantitative estimate of drug-likeness (QED) is 0.567. The summed E-state index contributed by atoms with van der Waals surface area (Å²) in [7, 11) is 0. The average molecular weight is 327 g/mol. The number of non-ortho nitro benzene ring substituents is 1. The number of benzene rings is 2. The number of hydrogen-bond donors (Lipinski definition) is 1. The summed E-state index contributed by atoms with van der Waals surface area (Å²) in [5, 5.41) is 25.1. The van der Waals surface area contributed by atoms with E-state index in [0.717, 1.165) is 4.68 Å². The van der Waals surface area contributed by atoms with E-state index in [2.05, 4.69) is 5.10 Å². The Morgan fingerprint density at radius 1 is 1.21 bits per heavy atom. The van der Waals surface area contributed by atoms with Crippen LogP contribution in [0.15, 0.2) is 63.8 Å². The van der Waals surface area contributed by atoms with Crippen molar-refractivity contribution in [2.75, 3.05) is 0 Å². The lowest BCUT2D eigenvalue weighted by Gasteiger charge is -2.09. The predicted molar refractivity (Wildman–Crippen MR) is 84.3 cm³/mol. The van der Waals surface area contributed by atoms with E-state index in [1.54, 1.807) is 30.3 Å². The molecule has 8 heteroatoms. The lowest BCUT2D eigenvalue weighted by atomic mass is 10.1. The minimum Gasteiger partial charge on any atom is -0.388 e. The molecule has 3 aromatic rings. The van der Waals surface area contributed by atoms with E-state index in [1.165, 1.54) is 18.2 Å². The van der Waals surface area contributed by atoms with Crippen LogP contribution in [-0.2, 0) is 6.54 Å². The van der Waals surface area contributed by atoms with Crippen molar-refractivity contribution in [2.24, 2.45) is 0 Å². The minimum atomic E-state index is -1.13. The zero-order chi connectivity index (χ0) is 17.1. The predicted octanol–water partition coefficient (Wildman–Crippen LogP) is 2.15. The highest BCUT2D eigenvalue weighted by atomic mass is 16.6. The summed E-state index contributed by atoms with van der Waals surface area (Å²) in [6.45, 7) is -0.170. The lowest BCUT2D eigenvalue weighted by molar-refractivity contribution is -0.385. The Bertz CT molecular complexity index is 917. The fourth-order valence-electron chi connectivity index (χ4n) is 2.23. The van der Waals surface area contributed by atoms with E-state index < -0.39 is 16.8 Å². The van der Waals surface area contributed by atoms with Crippen LogP contribution in [0.3, 0.4) is 0 Å². The minimum absolute atomic E-state index is 0.135. The summed E-state index contributed by atoms with van der Waals surface area (Å²) in [4.78, 5) is 22.1. The second-order valence-corrected chi connectivity index (χ2v) is 5.09. The Kier molecular flexibility index (Phi) is 4.21. The fraction of sp³-hybridized carbons (Fsp3) is 0.125. The maximum absolute atomic E-state index is 11.9. The Morgan fingerprint density at radius 2 is 1.96 bits per heavy atom. The molecule has 1 heterocycles. The SMILES string of the molecule is O=c1oc(-c2ccccc2)nn1CC(O)c1cccc([N+](=O)[O-])c1. The molecule has 8 nitrogen and oxygen atoms in total. The molecule has 122 valence electrons. The van der Waals surface area contributed by atoms with Gasteiger partial charge < -0.3 is 9.52 Å². The molecule has 0 saturated heterocycles. The van der Waals surface area contributed by atoms with Gasteiger partial charge in [0.25, 0.3) is 5.69 Å². The van der Waals surface area contributed by atoms with Crippen molar-refractivity contribution < 1.29 is 14.4 Å². The van der Waals surface area contributed by atoms with E-state index in [9.17, 15) is 20.0 Å². The highest BCUT2D eigenvalue weighted by Crippen LogP contribution is 2.21. The molecule has 2 aromatic carbocycles. The van der Waals surface area contributed by atoms with Crippen LogP contribution in [0, 0.1) is 10.1 Å². The molecular weight excluding hydrogens is 314 g/mol. The number of nitro groups is 1. The number of nitrogens with zero attached hydrogens (tertiary/aromatic N) is 3. The van der Waals surface area contributed by atoms with Crippen molar-refractivity contribution in [3.63, 3.8) is 0 Å². The van der Waals surface area contributed by atoms with Gasteiger partial charge >= 0.3 is 5.76 Å². The summed E-state index contributed by atoms with van der Waals surface area (Å²) in [6.07, 6.45) is -1.13. The van der Waals surface area contributed by atoms with Crippen LogP contribution < -0.4 is 5.76 Å². The summed E-state index contributed by atoms with van der Waals surface area (Å²) >= 11 is 0. The van der Waals surface area contributed by atoms with Gasteiger partial charge in [-0.15, -0.1) is 5.10 Å². The van der Waals surface area contributed by atoms with Gasteiger partial charge in [-0.05, 0) is 17.7 Å². The molecule has 0 saturated carbocycles. The molecule has 0 spiro atoms. The number of nitro benzene ring substituents is 1. The third-order valence-electron chi connectivity index (χ3n) is 3.44. The second kappa shape index (κ2) is 6.47. The van der Waals surface area contributed by atoms with Gasteiger partial charge in [-0.3, -0.25) is 10.1 Å². The topological polar surface area (TPSA) is 111 Å². The third-order valence-corrected chi connectivity index (χ3v) is 3.44. The first kappa shape index (κ1) is 15.6. The van der Waals surface area contributed by atoms with Gasteiger partial charge in [0.15, 0.2) is 0 Å². The molecule has 0 bridgehead atoms. The molecule has 1 unspecified atom stereocenters. The highest BCUT2D eigenvalue weighted by Gasteiger charge is 2.17. The normalized spacial score (nSPS) is 12.0. The summed E-state index contributed by atoms with van der Waals surface area (Å²) in [5.41, 5.74) is 0.822. The zero-order valence-electron chi connectivity index (χ0n) is 12.4. The largest absolute Gasteiger partial charge is 0.437 e. The molecule has 1 atom stereocenters. The van der Waals surface area contributed by atoms with Crippen molar-refractivity contribution in [2.45, 2.75) is 12.6 Å². The Morgan fingerprint density at radius 3 is 2.67 bits per heavy atom. The van der Waals surface area contributed by atoms with Crippen molar-refractivity contribution in [1.29, 1.82) is 0 Å². The summed E-state index contributed by atoms with van der Waals surface area (Å²) in [5.74, 6) is -0.565. The maximum atomic E-state index is 11.9. The molecule has 24 heavy (non-hydrogen) atoms. The molecule has 0 amide bonds. The van der Waals surface area contributed by atoms with Crippen molar-refractivity contribution >= 4 is 5.69 Å². The second-order valence-electron chi connectivity index (χ2n) is 5.09. The standard InChI is InChI=1S/C16H13N3O5/c20-14(12-7-4-8-13(9-12)19(22)23)10-18-16(21)24-15(17-18)11-5-2-1-3-6-11/h1-9,14,20H,10H2. The van der Waals surface area contributed by atoms with Crippen LogP contribution in [0.25, 0.3) is 11.5 Å². The van der Waals surface area contributed by atoms with Crippen LogP contribution in [-0.4, -0.2) is 19.8 Å².